The molecule has 0 radical (unpaired) electrons. The van der Waals surface area contributed by atoms with Gasteiger partial charge in [0.05, 0.1) is 41.4 Å². The van der Waals surface area contributed by atoms with E-state index in [0.29, 0.717) is 68.3 Å². The summed E-state index contributed by atoms with van der Waals surface area (Å²) in [4.78, 5) is 82.8. The molecule has 416 valence electrons. The lowest BCUT2D eigenvalue weighted by Gasteiger charge is -2.37. The van der Waals surface area contributed by atoms with Crippen LogP contribution in [0.5, 0.6) is 11.5 Å². The van der Waals surface area contributed by atoms with Gasteiger partial charge in [0.15, 0.2) is 5.78 Å². The van der Waals surface area contributed by atoms with Crippen LogP contribution in [0, 0.1) is 33.6 Å². The number of nitrogens with one attached hydrogen (secondary N) is 2. The molecule has 0 unspecified atom stereocenters. The minimum Gasteiger partial charge on any atom is -0.494 e. The molecule has 3 atom stereocenters. The average molecular weight is 1090 g/mol. The number of unbranched alkanes of at least 4 members (excludes halogenated alkanes) is 1. The summed E-state index contributed by atoms with van der Waals surface area (Å²) in [6.07, 6.45) is 3.03. The molecule has 0 aliphatic carbocycles. The third kappa shape index (κ3) is 12.8. The summed E-state index contributed by atoms with van der Waals surface area (Å²) in [5, 5.41) is 13.9. The van der Waals surface area contributed by atoms with Crippen LogP contribution in [0.4, 0.5) is 5.69 Å². The number of amides is 3. The summed E-state index contributed by atoms with van der Waals surface area (Å²) in [6, 6.07) is 26.1. The Hall–Kier alpha value is -7.14. The number of carbonyl (C=O) groups is 4. The van der Waals surface area contributed by atoms with Gasteiger partial charge in [0.2, 0.25) is 5.91 Å². The molecule has 4 aromatic carbocycles. The zero-order valence-corrected chi connectivity index (χ0v) is 47.4. The van der Waals surface area contributed by atoms with Gasteiger partial charge in [-0.25, -0.2) is 4.98 Å². The van der Waals surface area contributed by atoms with E-state index in [1.807, 2.05) is 120 Å². The Bertz CT molecular complexity index is 3240. The lowest BCUT2D eigenvalue weighted by atomic mass is 9.95. The number of H-pyrrole nitrogens is 1. The first kappa shape index (κ1) is 56.6. The van der Waals surface area contributed by atoms with Crippen LogP contribution in [-0.2, 0) is 33.8 Å². The van der Waals surface area contributed by atoms with E-state index in [1.54, 1.807) is 22.3 Å². The third-order valence-corrected chi connectivity index (χ3v) is 16.8. The summed E-state index contributed by atoms with van der Waals surface area (Å²) in [5.41, 5.74) is 12.2. The maximum Gasteiger partial charge on any atom is 0.255 e. The first-order valence-corrected chi connectivity index (χ1v) is 28.7. The van der Waals surface area contributed by atoms with Crippen LogP contribution in [-0.4, -0.2) is 112 Å². The van der Waals surface area contributed by atoms with E-state index in [1.165, 1.54) is 4.90 Å². The standard InChI is InChI=1S/C63H74N6O9S/c1-8-67(48-23-27-76-28-24-48)54-31-47(30-52(41(54)6)60(72)64-34-53-39(4)29-40(5)66-61(53)73)43-17-20-50(21-18-43)77-25-11-12-26-78-57-32-45(59-42(7)65-37-79-59)16-15-44(57)19-22-56(71)55-33-49(70)36-68(55)63(75)58(38(2)3)69-35-46-13-9-10-14-51(46)62(69)74/h9-10,13-18,20-21,29-32,37-38,48-49,55,58,70H,8,11-12,19,22-28,33-36H2,1-7H3,(H,64,72)(H,66,73)/t49-,55+,58+/m1/s1. The fourth-order valence-electron chi connectivity index (χ4n) is 11.6. The SMILES string of the molecule is CCN(c1cc(-c2ccc(OCCCCOc3cc(-c4scnc4C)ccc3CCC(=O)[C@@H]3C[C@@H](O)CN3C(=O)[C@H](C(C)C)N3Cc4ccccc4C3=O)cc2)cc(C(=O)NCc2c(C)cc(C)[nH]c2=O)c1C)C1CCOCC1. The highest BCUT2D eigenvalue weighted by molar-refractivity contribution is 7.13. The molecule has 16 heteroatoms. The van der Waals surface area contributed by atoms with E-state index in [0.717, 1.165) is 92.5 Å². The maximum absolute atomic E-state index is 14.4. The van der Waals surface area contributed by atoms with Crippen molar-refractivity contribution in [1.82, 2.24) is 25.1 Å². The monoisotopic (exact) mass is 1090 g/mol. The number of anilines is 1. The highest BCUT2D eigenvalue weighted by Gasteiger charge is 2.45. The smallest absolute Gasteiger partial charge is 0.255 e. The van der Waals surface area contributed by atoms with Crippen molar-refractivity contribution in [3.8, 4) is 33.1 Å². The third-order valence-electron chi connectivity index (χ3n) is 15.8. The lowest BCUT2D eigenvalue weighted by Crippen LogP contribution is -2.54. The number of nitrogens with zero attached hydrogens (tertiary/aromatic N) is 4. The molecule has 3 N–H and O–H groups in total. The number of aliphatic hydroxyl groups excluding tert-OH is 1. The zero-order valence-electron chi connectivity index (χ0n) is 46.6. The van der Waals surface area contributed by atoms with E-state index in [9.17, 15) is 29.1 Å². The Balaban J connectivity index is 0.831. The number of ether oxygens (including phenoxy) is 3. The number of rotatable bonds is 22. The lowest BCUT2D eigenvalue weighted by molar-refractivity contribution is -0.142. The summed E-state index contributed by atoms with van der Waals surface area (Å²) in [6.45, 7) is 17.2. The predicted molar refractivity (Wildman–Crippen MR) is 308 cm³/mol. The molecule has 0 spiro atoms. The second-order valence-corrected chi connectivity index (χ2v) is 22.4. The van der Waals surface area contributed by atoms with Gasteiger partial charge >= 0.3 is 0 Å². The molecule has 3 amide bonds. The van der Waals surface area contributed by atoms with E-state index < -0.39 is 18.2 Å². The van der Waals surface area contributed by atoms with E-state index >= 15 is 0 Å². The first-order valence-electron chi connectivity index (χ1n) is 27.9. The van der Waals surface area contributed by atoms with Gasteiger partial charge in [0.1, 0.15) is 17.5 Å². The fraction of sp³-hybridized carbons (Fsp3) is 0.429. The number of fused-ring (bicyclic) bond motifs is 1. The Morgan fingerprint density at radius 3 is 2.34 bits per heavy atom. The number of thiazole rings is 1. The van der Waals surface area contributed by atoms with Crippen molar-refractivity contribution < 1.29 is 38.5 Å². The van der Waals surface area contributed by atoms with Crippen LogP contribution >= 0.6 is 11.3 Å². The summed E-state index contributed by atoms with van der Waals surface area (Å²) >= 11 is 1.56. The summed E-state index contributed by atoms with van der Waals surface area (Å²) in [7, 11) is 0. The largest absolute Gasteiger partial charge is 0.494 e. The summed E-state index contributed by atoms with van der Waals surface area (Å²) < 4.78 is 18.5. The average Bonchev–Trinajstić information content (AvgIpc) is 4.33. The number of aromatic amines is 1. The number of hydrogen-bond acceptors (Lipinski definition) is 12. The van der Waals surface area contributed by atoms with Gasteiger partial charge in [0.25, 0.3) is 17.4 Å². The number of ketones is 1. The Morgan fingerprint density at radius 2 is 1.65 bits per heavy atom. The van der Waals surface area contributed by atoms with Crippen LogP contribution < -0.4 is 25.2 Å². The van der Waals surface area contributed by atoms with Crippen LogP contribution in [0.3, 0.4) is 0 Å². The van der Waals surface area contributed by atoms with E-state index in [4.69, 9.17) is 14.2 Å². The van der Waals surface area contributed by atoms with E-state index in [2.05, 4.69) is 33.2 Å². The van der Waals surface area contributed by atoms with Crippen molar-refractivity contribution in [2.75, 3.05) is 44.4 Å². The van der Waals surface area contributed by atoms with E-state index in [-0.39, 0.29) is 67.0 Å². The molecular formula is C63H74N6O9S. The number of likely N-dealkylation sites (tertiary alicyclic amines) is 1. The molecule has 0 saturated carbocycles. The number of carbonyl (C=O) groups excluding carboxylic acids is 4. The van der Waals surface area contributed by atoms with Crippen molar-refractivity contribution in [3.05, 3.63) is 151 Å². The molecule has 0 bridgehead atoms. The molecule has 2 saturated heterocycles. The molecular weight excluding hydrogens is 1020 g/mol. The zero-order chi connectivity index (χ0) is 55.9. The second kappa shape index (κ2) is 25.3. The van der Waals surface area contributed by atoms with Crippen LogP contribution in [0.25, 0.3) is 21.6 Å². The highest BCUT2D eigenvalue weighted by atomic mass is 32.1. The predicted octanol–water partition coefficient (Wildman–Crippen LogP) is 9.72. The van der Waals surface area contributed by atoms with Crippen molar-refractivity contribution in [3.63, 3.8) is 0 Å². The van der Waals surface area contributed by atoms with Crippen molar-refractivity contribution in [2.45, 2.75) is 131 Å². The molecule has 15 nitrogen and oxygen atoms in total. The van der Waals surface area contributed by atoms with Gasteiger partial charge < -0.3 is 44.3 Å². The van der Waals surface area contributed by atoms with Crippen molar-refractivity contribution in [1.29, 1.82) is 0 Å². The minimum atomic E-state index is -0.848. The van der Waals surface area contributed by atoms with Crippen LogP contribution in [0.15, 0.2) is 95.2 Å². The fourth-order valence-corrected chi connectivity index (χ4v) is 12.4. The molecule has 6 aromatic rings. The Labute approximate surface area is 467 Å². The highest BCUT2D eigenvalue weighted by Crippen LogP contribution is 2.37. The molecule has 5 heterocycles. The molecule has 79 heavy (non-hydrogen) atoms. The number of pyridine rings is 1. The number of benzene rings is 4. The van der Waals surface area contributed by atoms with Gasteiger partial charge in [-0.05, 0) is 154 Å². The van der Waals surface area contributed by atoms with Crippen LogP contribution in [0.2, 0.25) is 0 Å². The number of aryl methyl sites for hydroxylation is 4. The normalized spacial score (nSPS) is 16.8. The van der Waals surface area contributed by atoms with Crippen LogP contribution in [0.1, 0.15) is 119 Å². The van der Waals surface area contributed by atoms with Crippen molar-refractivity contribution >= 4 is 40.5 Å². The van der Waals surface area contributed by atoms with Gasteiger partial charge in [-0.1, -0.05) is 56.3 Å². The van der Waals surface area contributed by atoms with Gasteiger partial charge in [-0.2, -0.15) is 0 Å². The van der Waals surface area contributed by atoms with Gasteiger partial charge in [-0.15, -0.1) is 11.3 Å². The van der Waals surface area contributed by atoms with Crippen molar-refractivity contribution in [2.24, 2.45) is 5.92 Å². The number of Topliss-reactive ketones (excluding diaryl/α,β-unsaturated/α-hetero) is 1. The topological polar surface area (TPSA) is 184 Å². The number of β-amino-alcohol motifs (C(OH)–C–C–N with tert-alkyl or cyclic N) is 1. The van der Waals surface area contributed by atoms with Gasteiger partial charge in [-0.3, -0.25) is 24.0 Å². The quantitative estimate of drug-likeness (QED) is 0.0550. The summed E-state index contributed by atoms with van der Waals surface area (Å²) in [5.74, 6) is 0.274. The number of aliphatic hydroxyl groups is 1. The van der Waals surface area contributed by atoms with Gasteiger partial charge in [0, 0.05) is 86.3 Å². The Morgan fingerprint density at radius 1 is 0.911 bits per heavy atom. The number of hydrogen-bond donors (Lipinski definition) is 3. The Kier molecular flexibility index (Phi) is 18.1. The number of aromatic nitrogens is 2. The molecule has 2 fully saturated rings. The minimum absolute atomic E-state index is 0.0351. The maximum atomic E-state index is 14.4. The second-order valence-electron chi connectivity index (χ2n) is 21.6. The molecule has 3 aliphatic rings. The molecule has 9 rings (SSSR count). The molecule has 3 aliphatic heterocycles. The molecule has 2 aromatic heterocycles. The first-order chi connectivity index (χ1) is 38.1.